The molecule has 2 aliphatic heterocycles. The maximum absolute atomic E-state index is 14.5. The van der Waals surface area contributed by atoms with Crippen molar-refractivity contribution >= 4 is 44.9 Å². The summed E-state index contributed by atoms with van der Waals surface area (Å²) in [6, 6.07) is 1.56. The number of benzene rings is 1. The molecule has 3 saturated carbocycles. The van der Waals surface area contributed by atoms with Crippen LogP contribution in [-0.4, -0.2) is 95.8 Å². The zero-order valence-corrected chi connectivity index (χ0v) is 32.8. The lowest BCUT2D eigenvalue weighted by Gasteiger charge is -2.30. The number of nitrogens with zero attached hydrogens (tertiary/aromatic N) is 3. The largest absolute Gasteiger partial charge is 0.497 e. The number of alkyl carbamates (subject to hydrolysis) is 1. The molecular formula is C38H47F3N6O9S. The fourth-order valence-corrected chi connectivity index (χ4v) is 8.61. The molecule has 5 aliphatic rings. The van der Waals surface area contributed by atoms with Gasteiger partial charge in [-0.1, -0.05) is 31.9 Å². The van der Waals surface area contributed by atoms with Crippen molar-refractivity contribution in [1.82, 2.24) is 30.2 Å². The van der Waals surface area contributed by atoms with Gasteiger partial charge in [-0.2, -0.15) is 13.2 Å². The zero-order chi connectivity index (χ0) is 41.0. The van der Waals surface area contributed by atoms with Crippen LogP contribution in [0.4, 0.5) is 18.0 Å². The standard InChI is InChI=1S/C38H47F3N6O9S/c1-35(13-14-35)21-55-34(51)44-26-10-8-6-4-5-7-9-22-19-37(22,33(50)46-57(52,53)36(2)15-16-36)45-30(48)28-18-24(20-47(28)32(26)49)56-31-29(38(39,40)41)42-25-12-11-23(54-3)17-27(25)43-31/h7,9,11-12,17,22,24,26,28H,4-6,8,10,13-16,18-21H2,1-3H3,(H,44,51)(H,45,48)(H,46,50)/b9-7-/t22?,24-,26+,28+,37-/m1/s1. The molecule has 57 heavy (non-hydrogen) atoms. The molecule has 3 N–H and O–H groups in total. The number of hydrogen-bond acceptors (Lipinski definition) is 11. The van der Waals surface area contributed by atoms with Crippen LogP contribution in [-0.2, 0) is 35.3 Å². The second-order valence-electron chi connectivity index (χ2n) is 16.5. The number of carbonyl (C=O) groups is 4. The number of fused-ring (bicyclic) bond motifs is 3. The Morgan fingerprint density at radius 1 is 1.05 bits per heavy atom. The fraction of sp³-hybridized carbons (Fsp3) is 0.632. The summed E-state index contributed by atoms with van der Waals surface area (Å²) in [7, 11) is -2.71. The number of amides is 4. The Kier molecular flexibility index (Phi) is 10.6. The quantitative estimate of drug-likeness (QED) is 0.306. The number of rotatable bonds is 9. The van der Waals surface area contributed by atoms with E-state index in [0.29, 0.717) is 44.3 Å². The molecule has 1 aromatic carbocycles. The second-order valence-corrected chi connectivity index (χ2v) is 18.7. The molecule has 7 rings (SSSR count). The predicted molar refractivity (Wildman–Crippen MR) is 197 cm³/mol. The van der Waals surface area contributed by atoms with E-state index < -0.39 is 92.5 Å². The Bertz CT molecular complexity index is 2090. The van der Waals surface area contributed by atoms with Crippen LogP contribution in [0.5, 0.6) is 11.6 Å². The van der Waals surface area contributed by atoms with Crippen LogP contribution in [0.3, 0.4) is 0 Å². The van der Waals surface area contributed by atoms with E-state index in [1.54, 1.807) is 6.08 Å². The van der Waals surface area contributed by atoms with Gasteiger partial charge in [-0.05, 0) is 70.4 Å². The smallest absolute Gasteiger partial charge is 0.438 e. The highest BCUT2D eigenvalue weighted by molar-refractivity contribution is 7.91. The van der Waals surface area contributed by atoms with Gasteiger partial charge in [0.1, 0.15) is 29.5 Å². The number of hydrogen-bond donors (Lipinski definition) is 3. The van der Waals surface area contributed by atoms with Crippen LogP contribution in [0, 0.1) is 11.3 Å². The summed E-state index contributed by atoms with van der Waals surface area (Å²) in [6.07, 6.45) is 1.48. The first-order chi connectivity index (χ1) is 26.9. The molecule has 4 fully saturated rings. The van der Waals surface area contributed by atoms with Crippen molar-refractivity contribution in [2.24, 2.45) is 11.3 Å². The van der Waals surface area contributed by atoms with Crippen LogP contribution in [0.2, 0.25) is 0 Å². The molecule has 1 aromatic heterocycles. The molecule has 19 heteroatoms. The lowest BCUT2D eigenvalue weighted by molar-refractivity contribution is -0.143. The van der Waals surface area contributed by atoms with Gasteiger partial charge in [0.2, 0.25) is 33.4 Å². The van der Waals surface area contributed by atoms with Gasteiger partial charge in [0.25, 0.3) is 5.91 Å². The Morgan fingerprint density at radius 2 is 1.81 bits per heavy atom. The third-order valence-electron chi connectivity index (χ3n) is 11.8. The molecule has 0 radical (unpaired) electrons. The number of sulfonamides is 1. The summed E-state index contributed by atoms with van der Waals surface area (Å²) < 4.78 is 87.0. The highest BCUT2D eigenvalue weighted by Crippen LogP contribution is 2.48. The van der Waals surface area contributed by atoms with Gasteiger partial charge >= 0.3 is 12.3 Å². The maximum Gasteiger partial charge on any atom is 0.438 e. The highest BCUT2D eigenvalue weighted by atomic mass is 32.2. The summed E-state index contributed by atoms with van der Waals surface area (Å²) in [4.78, 5) is 64.7. The SMILES string of the molecule is COc1ccc2nc(C(F)(F)F)c(O[C@@H]3C[C@H]4C(=O)N[C@]5(C(=O)NS(=O)(=O)C6(C)CC6)CC5/C=C\CCCCC[C@H](NC(=O)OCC5(C)CC5)C(=O)N4C3)nc2c1. The van der Waals surface area contributed by atoms with E-state index in [-0.39, 0.29) is 42.3 Å². The Morgan fingerprint density at radius 3 is 2.49 bits per heavy atom. The van der Waals surface area contributed by atoms with Crippen molar-refractivity contribution in [3.63, 3.8) is 0 Å². The molecule has 0 spiro atoms. The van der Waals surface area contributed by atoms with E-state index in [0.717, 1.165) is 17.7 Å². The van der Waals surface area contributed by atoms with Crippen LogP contribution < -0.4 is 24.8 Å². The van der Waals surface area contributed by atoms with Crippen molar-refractivity contribution < 1.29 is 55.0 Å². The lowest BCUT2D eigenvalue weighted by atomic mass is 10.0. The predicted octanol–water partition coefficient (Wildman–Crippen LogP) is 4.29. The van der Waals surface area contributed by atoms with Gasteiger partial charge in [-0.25, -0.2) is 23.2 Å². The van der Waals surface area contributed by atoms with E-state index in [4.69, 9.17) is 14.2 Å². The van der Waals surface area contributed by atoms with E-state index in [9.17, 15) is 40.8 Å². The average molecular weight is 821 g/mol. The van der Waals surface area contributed by atoms with Crippen molar-refractivity contribution in [3.05, 3.63) is 36.0 Å². The lowest BCUT2D eigenvalue weighted by Crippen LogP contribution is -2.58. The minimum Gasteiger partial charge on any atom is -0.497 e. The zero-order valence-electron chi connectivity index (χ0n) is 31.9. The maximum atomic E-state index is 14.5. The van der Waals surface area contributed by atoms with Gasteiger partial charge < -0.3 is 29.7 Å². The third kappa shape index (κ3) is 8.62. The molecule has 3 heterocycles. The van der Waals surface area contributed by atoms with Gasteiger partial charge in [0, 0.05) is 23.8 Å². The fourth-order valence-electron chi connectivity index (χ4n) is 7.30. The van der Waals surface area contributed by atoms with E-state index in [1.165, 1.54) is 32.2 Å². The second kappa shape index (κ2) is 14.9. The minimum absolute atomic E-state index is 0.0395. The van der Waals surface area contributed by atoms with Crippen LogP contribution >= 0.6 is 0 Å². The van der Waals surface area contributed by atoms with Gasteiger partial charge in [0.15, 0.2) is 0 Å². The Balaban J connectivity index is 1.20. The molecule has 3 aliphatic carbocycles. The molecule has 4 amide bonds. The van der Waals surface area contributed by atoms with Crippen molar-refractivity contribution in [3.8, 4) is 11.6 Å². The number of carbonyl (C=O) groups excluding carboxylic acids is 4. The molecular weight excluding hydrogens is 774 g/mol. The van der Waals surface area contributed by atoms with Crippen molar-refractivity contribution in [1.29, 1.82) is 0 Å². The molecule has 1 saturated heterocycles. The topological polar surface area (TPSA) is 195 Å². The monoisotopic (exact) mass is 820 g/mol. The molecule has 0 bridgehead atoms. The van der Waals surface area contributed by atoms with Crippen LogP contribution in [0.25, 0.3) is 11.0 Å². The van der Waals surface area contributed by atoms with Gasteiger partial charge in [-0.15, -0.1) is 0 Å². The number of nitrogens with one attached hydrogen (secondary N) is 3. The summed E-state index contributed by atoms with van der Waals surface area (Å²) in [6.45, 7) is 3.25. The molecule has 2 aromatic rings. The summed E-state index contributed by atoms with van der Waals surface area (Å²) >= 11 is 0. The van der Waals surface area contributed by atoms with Gasteiger partial charge in [-0.3, -0.25) is 19.1 Å². The summed E-state index contributed by atoms with van der Waals surface area (Å²) in [5.74, 6) is -3.61. The first-order valence-corrected chi connectivity index (χ1v) is 20.7. The van der Waals surface area contributed by atoms with Crippen molar-refractivity contribution in [2.45, 2.75) is 119 Å². The van der Waals surface area contributed by atoms with Crippen molar-refractivity contribution in [2.75, 3.05) is 20.3 Å². The first-order valence-electron chi connectivity index (χ1n) is 19.2. The number of methoxy groups -OCH3 is 1. The summed E-state index contributed by atoms with van der Waals surface area (Å²) in [5.41, 5.74) is -3.26. The van der Waals surface area contributed by atoms with E-state index in [1.807, 2.05) is 13.0 Å². The third-order valence-corrected chi connectivity index (χ3v) is 14.0. The van der Waals surface area contributed by atoms with Crippen LogP contribution in [0.15, 0.2) is 30.4 Å². The minimum atomic E-state index is -4.99. The Hall–Kier alpha value is -4.68. The van der Waals surface area contributed by atoms with Gasteiger partial charge in [0.05, 0.1) is 36.0 Å². The average Bonchev–Trinajstić information content (AvgIpc) is 4.12. The number of halogens is 3. The molecule has 310 valence electrons. The number of ether oxygens (including phenoxy) is 3. The summed E-state index contributed by atoms with van der Waals surface area (Å²) in [5, 5.41) is 5.38. The molecule has 1 unspecified atom stereocenters. The molecule has 15 nitrogen and oxygen atoms in total. The number of alkyl halides is 3. The van der Waals surface area contributed by atoms with Crippen LogP contribution in [0.1, 0.15) is 90.2 Å². The van der Waals surface area contributed by atoms with E-state index in [2.05, 4.69) is 25.3 Å². The highest BCUT2D eigenvalue weighted by Gasteiger charge is 2.63. The Labute approximate surface area is 327 Å². The normalized spacial score (nSPS) is 28.7. The number of allylic oxidation sites excluding steroid dienone is 1. The first kappa shape index (κ1) is 40.5. The van der Waals surface area contributed by atoms with E-state index >= 15 is 0 Å². The molecule has 5 atom stereocenters. The number of aromatic nitrogens is 2.